The Balaban J connectivity index is 0.000000360. The van der Waals surface area contributed by atoms with Crippen molar-refractivity contribution in [1.82, 2.24) is 0 Å². The lowest BCUT2D eigenvalue weighted by molar-refractivity contribution is 1.61. The topological polar surface area (TPSA) is 12.4 Å². The second-order valence-corrected chi connectivity index (χ2v) is 1.67. The summed E-state index contributed by atoms with van der Waals surface area (Å²) in [7, 11) is 0. The maximum absolute atomic E-state index is 3.80. The average molecular weight is 99.2 g/mol. The molecule has 0 aromatic heterocycles. The molecule has 0 atom stereocenters. The minimum atomic E-state index is 0. The maximum atomic E-state index is 3.80. The second-order valence-electron chi connectivity index (χ2n) is 0.855. The third-order valence-electron chi connectivity index (χ3n) is 0.451. The zero-order valence-corrected chi connectivity index (χ0v) is 3.98. The molecule has 0 saturated heterocycles. The molecule has 0 amide bonds. The number of thioether (sulfide) groups is 1. The summed E-state index contributed by atoms with van der Waals surface area (Å²) in [5, 5.41) is 1.93. The van der Waals surface area contributed by atoms with Crippen molar-refractivity contribution >= 4 is 18.0 Å². The molecule has 1 aliphatic rings. The van der Waals surface area contributed by atoms with E-state index in [4.69, 9.17) is 0 Å². The van der Waals surface area contributed by atoms with Gasteiger partial charge in [-0.3, -0.25) is 4.99 Å². The van der Waals surface area contributed by atoms with Crippen LogP contribution in [-0.4, -0.2) is 6.21 Å². The van der Waals surface area contributed by atoms with Crippen LogP contribution in [-0.2, 0) is 0 Å². The first-order valence-corrected chi connectivity index (χ1v) is 2.60. The Kier molecular flexibility index (Phi) is 1.33. The molecule has 1 nitrogen and oxygen atoms in total. The van der Waals surface area contributed by atoms with E-state index >= 15 is 0 Å². The molecule has 0 bridgehead atoms. The first kappa shape index (κ1) is 3.93. The molecule has 0 fully saturated rings. The lowest BCUT2D eigenvalue weighted by Gasteiger charge is -1.87. The Morgan fingerprint density at radius 2 is 2.67 bits per heavy atom. The van der Waals surface area contributed by atoms with Crippen molar-refractivity contribution < 1.29 is 1.43 Å². The monoisotopic (exact) mass is 99.0 g/mol. The van der Waals surface area contributed by atoms with Crippen LogP contribution in [0.4, 0.5) is 0 Å². The number of aliphatic imine (C=N–C) groups is 1. The fourth-order valence-corrected chi connectivity index (χ4v) is 0.607. The van der Waals surface area contributed by atoms with E-state index in [2.05, 4.69) is 4.99 Å². The van der Waals surface area contributed by atoms with Gasteiger partial charge in [0.2, 0.25) is 0 Å². The Morgan fingerprint density at radius 3 is 2.83 bits per heavy atom. The van der Waals surface area contributed by atoms with Crippen molar-refractivity contribution in [3.05, 3.63) is 17.4 Å². The molecule has 1 aliphatic heterocycles. The molecular weight excluding hydrogens is 94.1 g/mol. The highest BCUT2D eigenvalue weighted by molar-refractivity contribution is 8.04. The predicted octanol–water partition coefficient (Wildman–Crippen LogP) is 1.55. The third kappa shape index (κ3) is 0.863. The van der Waals surface area contributed by atoms with E-state index in [1.807, 2.05) is 11.2 Å². The minimum absolute atomic E-state index is 0. The third-order valence-corrected chi connectivity index (χ3v) is 1.01. The zero-order chi connectivity index (χ0) is 4.24. The van der Waals surface area contributed by atoms with Gasteiger partial charge in [0, 0.05) is 12.4 Å². The molecule has 0 unspecified atom stereocenters. The zero-order valence-electron chi connectivity index (χ0n) is 4.16. The predicted molar refractivity (Wildman–Crippen MR) is 30.6 cm³/mol. The van der Waals surface area contributed by atoms with E-state index in [1.54, 1.807) is 24.2 Å². The molecular formula is C4H5NS+. The first-order valence-electron chi connectivity index (χ1n) is 1.65. The highest BCUT2D eigenvalue weighted by Gasteiger charge is 1.79. The maximum Gasteiger partial charge on any atom is 1.00 e. The molecule has 0 N–H and O–H groups in total. The van der Waals surface area contributed by atoms with E-state index in [-0.39, 0.29) is 1.43 Å². The Morgan fingerprint density at radius 1 is 1.67 bits per heavy atom. The number of hydrogen-bond acceptors (Lipinski definition) is 2. The van der Waals surface area contributed by atoms with Gasteiger partial charge in [0.25, 0.3) is 0 Å². The van der Waals surface area contributed by atoms with Gasteiger partial charge in [-0.25, -0.2) is 0 Å². The Bertz CT molecular complexity index is 77.7. The average Bonchev–Trinajstić information content (AvgIpc) is 1.72. The van der Waals surface area contributed by atoms with Gasteiger partial charge < -0.3 is 0 Å². The molecule has 0 saturated carbocycles. The van der Waals surface area contributed by atoms with Crippen LogP contribution in [0.1, 0.15) is 1.43 Å². The van der Waals surface area contributed by atoms with E-state index < -0.39 is 0 Å². The minimum Gasteiger partial charge on any atom is -0.267 e. The summed E-state index contributed by atoms with van der Waals surface area (Å²) in [4.78, 5) is 3.80. The molecule has 0 spiro atoms. The highest BCUT2D eigenvalue weighted by Crippen LogP contribution is 2.07. The Hall–Kier alpha value is -0.240. The van der Waals surface area contributed by atoms with Gasteiger partial charge in [0.15, 0.2) is 0 Å². The number of hydrogen-bond donors (Lipinski definition) is 0. The molecule has 31 valence electrons. The molecule has 1 radical (unpaired) electrons. The number of rotatable bonds is 0. The van der Waals surface area contributed by atoms with Crippen molar-refractivity contribution in [3.63, 3.8) is 0 Å². The molecule has 1 rings (SSSR count). The van der Waals surface area contributed by atoms with E-state index in [0.717, 1.165) is 0 Å². The van der Waals surface area contributed by atoms with Crippen LogP contribution in [0.2, 0.25) is 0 Å². The van der Waals surface area contributed by atoms with Crippen LogP contribution < -0.4 is 0 Å². The summed E-state index contributed by atoms with van der Waals surface area (Å²) in [6.45, 7) is 0. The van der Waals surface area contributed by atoms with Gasteiger partial charge in [-0.05, 0) is 5.41 Å². The quantitative estimate of drug-likeness (QED) is 0.449. The highest BCUT2D eigenvalue weighted by atomic mass is 32.2. The fraction of sp³-hybridized carbons (Fsp3) is 0. The van der Waals surface area contributed by atoms with Crippen molar-refractivity contribution in [3.8, 4) is 0 Å². The van der Waals surface area contributed by atoms with Crippen LogP contribution in [0.25, 0.3) is 0 Å². The van der Waals surface area contributed by atoms with Crippen molar-refractivity contribution in [2.75, 3.05) is 0 Å². The molecule has 0 aliphatic carbocycles. The van der Waals surface area contributed by atoms with Gasteiger partial charge in [-0.15, -0.1) is 11.8 Å². The van der Waals surface area contributed by atoms with Gasteiger partial charge in [0.1, 0.15) is 0 Å². The van der Waals surface area contributed by atoms with E-state index in [0.29, 0.717) is 0 Å². The van der Waals surface area contributed by atoms with Gasteiger partial charge in [0.05, 0.1) is 5.75 Å². The normalized spacial score (nSPS) is 18.7. The SMILES string of the molecule is [CH]1C=NC=CS1.[H+]. The van der Waals surface area contributed by atoms with Crippen LogP contribution >= 0.6 is 11.8 Å². The summed E-state index contributed by atoms with van der Waals surface area (Å²) >= 11 is 1.64. The van der Waals surface area contributed by atoms with Crippen molar-refractivity contribution in [2.24, 2.45) is 4.99 Å². The summed E-state index contributed by atoms with van der Waals surface area (Å²) < 4.78 is 0. The van der Waals surface area contributed by atoms with Gasteiger partial charge >= 0.3 is 1.43 Å². The molecule has 0 aromatic rings. The summed E-state index contributed by atoms with van der Waals surface area (Å²) in [5.74, 6) is 1.93. The Labute approximate surface area is 42.6 Å². The lowest BCUT2D eigenvalue weighted by Crippen LogP contribution is -1.69. The van der Waals surface area contributed by atoms with Crippen LogP contribution in [0.15, 0.2) is 16.6 Å². The summed E-state index contributed by atoms with van der Waals surface area (Å²) in [5.41, 5.74) is 0. The first-order chi connectivity index (χ1) is 3.00. The molecule has 2 heteroatoms. The molecule has 1 heterocycles. The number of nitrogens with zero attached hydrogens (tertiary/aromatic N) is 1. The van der Waals surface area contributed by atoms with E-state index in [1.165, 1.54) is 0 Å². The summed E-state index contributed by atoms with van der Waals surface area (Å²) in [6, 6.07) is 0. The standard InChI is InChI=1S/C4H4NS/c1-3-6-4-2-5-1/h1-4H/p+1. The fourth-order valence-electron chi connectivity index (χ4n) is 0.236. The van der Waals surface area contributed by atoms with Gasteiger partial charge in [-0.2, -0.15) is 0 Å². The lowest BCUT2D eigenvalue weighted by atomic mass is 10.8. The van der Waals surface area contributed by atoms with Crippen molar-refractivity contribution in [2.45, 2.75) is 0 Å². The van der Waals surface area contributed by atoms with Crippen LogP contribution in [0.5, 0.6) is 0 Å². The second kappa shape index (κ2) is 2.03. The molecule has 6 heavy (non-hydrogen) atoms. The van der Waals surface area contributed by atoms with Crippen LogP contribution in [0, 0.1) is 5.75 Å². The summed E-state index contributed by atoms with van der Waals surface area (Å²) in [6.07, 6.45) is 3.54. The largest absolute Gasteiger partial charge is 1.00 e. The van der Waals surface area contributed by atoms with Gasteiger partial charge in [-0.1, -0.05) is 0 Å². The molecule has 0 aromatic carbocycles. The van der Waals surface area contributed by atoms with Crippen LogP contribution in [0.3, 0.4) is 0 Å². The van der Waals surface area contributed by atoms with Crippen molar-refractivity contribution in [1.29, 1.82) is 0 Å². The van der Waals surface area contributed by atoms with E-state index in [9.17, 15) is 0 Å². The smallest absolute Gasteiger partial charge is 0.267 e.